The van der Waals surface area contributed by atoms with E-state index < -0.39 is 0 Å². The molecule has 3 aromatic rings. The van der Waals surface area contributed by atoms with E-state index in [2.05, 4.69) is 15.5 Å². The van der Waals surface area contributed by atoms with Crippen molar-refractivity contribution >= 4 is 29.3 Å². The minimum absolute atomic E-state index is 0.0783. The largest absolute Gasteiger partial charge is 0.493 e. The molecule has 164 valence electrons. The molecule has 7 nitrogen and oxygen atoms in total. The van der Waals surface area contributed by atoms with Crippen molar-refractivity contribution in [3.8, 4) is 11.5 Å². The lowest BCUT2D eigenvalue weighted by Gasteiger charge is -2.17. The molecular weight excluding hydrogens is 436 g/mol. The fraction of sp³-hybridized carbons (Fsp3) is 0.318. The Labute approximate surface area is 191 Å². The van der Waals surface area contributed by atoms with E-state index in [9.17, 15) is 4.79 Å². The molecule has 0 spiro atoms. The van der Waals surface area contributed by atoms with Gasteiger partial charge in [0.25, 0.3) is 0 Å². The lowest BCUT2D eigenvalue weighted by atomic mass is 10.2. The molecule has 0 saturated carbocycles. The molecule has 0 aliphatic carbocycles. The zero-order valence-corrected chi connectivity index (χ0v) is 19.2. The summed E-state index contributed by atoms with van der Waals surface area (Å²) in [6, 6.07) is 14.8. The number of hydrogen-bond donors (Lipinski definition) is 1. The van der Waals surface area contributed by atoms with E-state index in [1.807, 2.05) is 54.8 Å². The monoisotopic (exact) mass is 460 g/mol. The van der Waals surface area contributed by atoms with Crippen LogP contribution < -0.4 is 14.8 Å². The van der Waals surface area contributed by atoms with Gasteiger partial charge in [-0.05, 0) is 43.7 Å². The fourth-order valence-corrected chi connectivity index (χ4v) is 3.91. The highest BCUT2D eigenvalue weighted by Gasteiger charge is 2.20. The smallest absolute Gasteiger partial charge is 0.230 e. The van der Waals surface area contributed by atoms with Crippen LogP contribution in [-0.4, -0.2) is 33.5 Å². The predicted octanol–water partition coefficient (Wildman–Crippen LogP) is 4.51. The van der Waals surface area contributed by atoms with Gasteiger partial charge in [-0.15, -0.1) is 10.2 Å². The van der Waals surface area contributed by atoms with E-state index in [-0.39, 0.29) is 17.8 Å². The Kier molecular flexibility index (Phi) is 8.20. The van der Waals surface area contributed by atoms with Crippen LogP contribution >= 0.6 is 23.4 Å². The molecule has 1 atom stereocenters. The number of halogens is 1. The second-order valence-electron chi connectivity index (χ2n) is 6.69. The first-order valence-electron chi connectivity index (χ1n) is 9.88. The van der Waals surface area contributed by atoms with E-state index in [1.165, 1.54) is 11.8 Å². The maximum Gasteiger partial charge on any atom is 0.230 e. The van der Waals surface area contributed by atoms with Crippen LogP contribution in [0.2, 0.25) is 5.02 Å². The van der Waals surface area contributed by atoms with Gasteiger partial charge in [-0.3, -0.25) is 4.79 Å². The van der Waals surface area contributed by atoms with E-state index in [0.29, 0.717) is 40.6 Å². The molecular formula is C22H25ClN4O3S. The number of carbonyl (C=O) groups excluding carboxylic acids is 1. The first-order valence-corrected chi connectivity index (χ1v) is 11.2. The number of nitrogens with one attached hydrogen (secondary N) is 1. The van der Waals surface area contributed by atoms with Gasteiger partial charge >= 0.3 is 0 Å². The van der Waals surface area contributed by atoms with Gasteiger partial charge in [0.05, 0.1) is 12.9 Å². The molecule has 0 bridgehead atoms. The number of ether oxygens (including phenoxy) is 2. The number of nitrogens with zero attached hydrogens (tertiary/aromatic N) is 3. The van der Waals surface area contributed by atoms with Gasteiger partial charge in [0.1, 0.15) is 0 Å². The van der Waals surface area contributed by atoms with Crippen molar-refractivity contribution in [2.45, 2.75) is 38.2 Å². The van der Waals surface area contributed by atoms with Crippen molar-refractivity contribution in [2.24, 2.45) is 0 Å². The summed E-state index contributed by atoms with van der Waals surface area (Å²) in [6.07, 6.45) is -0.336. The van der Waals surface area contributed by atoms with Gasteiger partial charge in [0, 0.05) is 18.1 Å². The molecule has 1 unspecified atom stereocenters. The van der Waals surface area contributed by atoms with Crippen molar-refractivity contribution in [2.75, 3.05) is 12.9 Å². The molecule has 9 heteroatoms. The molecule has 0 saturated heterocycles. The molecule has 1 heterocycles. The van der Waals surface area contributed by atoms with Crippen LogP contribution in [0.15, 0.2) is 53.7 Å². The summed E-state index contributed by atoms with van der Waals surface area (Å²) in [7, 11) is 1.61. The maximum atomic E-state index is 12.3. The fourth-order valence-electron chi connectivity index (χ4n) is 2.95. The second kappa shape index (κ2) is 11.1. The zero-order chi connectivity index (χ0) is 22.2. The highest BCUT2D eigenvalue weighted by atomic mass is 35.5. The lowest BCUT2D eigenvalue weighted by Crippen LogP contribution is -2.24. The molecule has 3 rings (SSSR count). The van der Waals surface area contributed by atoms with Crippen molar-refractivity contribution in [3.63, 3.8) is 0 Å². The van der Waals surface area contributed by atoms with Crippen LogP contribution in [0.1, 0.15) is 31.3 Å². The normalized spacial score (nSPS) is 11.7. The SMILES string of the molecule is CCn1c(SCC(=O)NCc2ccc(Cl)cc2)nnc1C(C)Oc1ccccc1OC. The number of amides is 1. The Hall–Kier alpha value is -2.71. The summed E-state index contributed by atoms with van der Waals surface area (Å²) >= 11 is 7.23. The zero-order valence-electron chi connectivity index (χ0n) is 17.7. The number of benzene rings is 2. The highest BCUT2D eigenvalue weighted by Crippen LogP contribution is 2.31. The van der Waals surface area contributed by atoms with Gasteiger partial charge in [-0.2, -0.15) is 0 Å². The topological polar surface area (TPSA) is 78.3 Å². The average molecular weight is 461 g/mol. The summed E-state index contributed by atoms with van der Waals surface area (Å²) in [6.45, 7) is 5.03. The van der Waals surface area contributed by atoms with Crippen LogP contribution in [0.3, 0.4) is 0 Å². The second-order valence-corrected chi connectivity index (χ2v) is 8.07. The first-order chi connectivity index (χ1) is 15.0. The van der Waals surface area contributed by atoms with Crippen molar-refractivity contribution in [1.29, 1.82) is 0 Å². The summed E-state index contributed by atoms with van der Waals surface area (Å²) in [5.41, 5.74) is 0.990. The predicted molar refractivity (Wildman–Crippen MR) is 122 cm³/mol. The Morgan fingerprint density at radius 1 is 1.16 bits per heavy atom. The molecule has 0 aliphatic rings. The van der Waals surface area contributed by atoms with Crippen LogP contribution in [0.5, 0.6) is 11.5 Å². The molecule has 1 amide bonds. The number of hydrogen-bond acceptors (Lipinski definition) is 6. The molecule has 1 N–H and O–H groups in total. The van der Waals surface area contributed by atoms with Gasteiger partial charge in [-0.25, -0.2) is 0 Å². The standard InChI is InChI=1S/C22H25ClN4O3S/c1-4-27-21(15(2)30-19-8-6-5-7-18(19)29-3)25-26-22(27)31-14-20(28)24-13-16-9-11-17(23)12-10-16/h5-12,15H,4,13-14H2,1-3H3,(H,24,28). The number of thioether (sulfide) groups is 1. The van der Waals surface area contributed by atoms with Crippen LogP contribution in [-0.2, 0) is 17.9 Å². The van der Waals surface area contributed by atoms with E-state index in [1.54, 1.807) is 19.2 Å². The van der Waals surface area contributed by atoms with E-state index in [0.717, 1.165) is 5.56 Å². The number of carbonyl (C=O) groups is 1. The van der Waals surface area contributed by atoms with Crippen LogP contribution in [0.4, 0.5) is 0 Å². The minimum Gasteiger partial charge on any atom is -0.493 e. The molecule has 1 aromatic heterocycles. The average Bonchev–Trinajstić information content (AvgIpc) is 3.20. The molecule has 2 aromatic carbocycles. The Balaban J connectivity index is 1.58. The lowest BCUT2D eigenvalue weighted by molar-refractivity contribution is -0.118. The summed E-state index contributed by atoms with van der Waals surface area (Å²) in [5.74, 6) is 2.15. The molecule has 0 radical (unpaired) electrons. The summed E-state index contributed by atoms with van der Waals surface area (Å²) in [4.78, 5) is 12.3. The van der Waals surface area contributed by atoms with Crippen molar-refractivity contribution in [1.82, 2.24) is 20.1 Å². The summed E-state index contributed by atoms with van der Waals surface area (Å²) in [5, 5.41) is 12.8. The quantitative estimate of drug-likeness (QED) is 0.448. The van der Waals surface area contributed by atoms with Crippen LogP contribution in [0, 0.1) is 0 Å². The van der Waals surface area contributed by atoms with Gasteiger partial charge in [0.15, 0.2) is 28.6 Å². The Morgan fingerprint density at radius 2 is 1.87 bits per heavy atom. The Bertz CT molecular complexity index is 1010. The third kappa shape index (κ3) is 6.15. The third-order valence-corrected chi connectivity index (χ3v) is 5.75. The summed E-state index contributed by atoms with van der Waals surface area (Å²) < 4.78 is 13.4. The number of methoxy groups -OCH3 is 1. The molecule has 31 heavy (non-hydrogen) atoms. The van der Waals surface area contributed by atoms with Crippen LogP contribution in [0.25, 0.3) is 0 Å². The van der Waals surface area contributed by atoms with Gasteiger partial charge < -0.3 is 19.4 Å². The Morgan fingerprint density at radius 3 is 2.55 bits per heavy atom. The number of para-hydroxylation sites is 2. The van der Waals surface area contributed by atoms with Gasteiger partial charge in [-0.1, -0.05) is 47.6 Å². The highest BCUT2D eigenvalue weighted by molar-refractivity contribution is 7.99. The number of rotatable bonds is 10. The third-order valence-electron chi connectivity index (χ3n) is 4.53. The van der Waals surface area contributed by atoms with Crippen molar-refractivity contribution < 1.29 is 14.3 Å². The first kappa shape index (κ1) is 23.0. The van der Waals surface area contributed by atoms with E-state index >= 15 is 0 Å². The number of aromatic nitrogens is 3. The van der Waals surface area contributed by atoms with Gasteiger partial charge in [0.2, 0.25) is 5.91 Å². The van der Waals surface area contributed by atoms with E-state index in [4.69, 9.17) is 21.1 Å². The minimum atomic E-state index is -0.336. The molecule has 0 fully saturated rings. The molecule has 0 aliphatic heterocycles. The maximum absolute atomic E-state index is 12.3. The van der Waals surface area contributed by atoms with Crippen molar-refractivity contribution in [3.05, 3.63) is 64.9 Å².